The molecular weight excluding hydrogens is 445 g/mol. The van der Waals surface area contributed by atoms with E-state index in [2.05, 4.69) is 31.6 Å². The molecule has 4 aromatic rings. The van der Waals surface area contributed by atoms with Crippen LogP contribution >= 0.6 is 0 Å². The number of likely N-dealkylation sites (tertiary alicyclic amines) is 1. The van der Waals surface area contributed by atoms with Crippen LogP contribution in [0.4, 0.5) is 27.4 Å². The topological polar surface area (TPSA) is 104 Å². The first kappa shape index (κ1) is 22.9. The quantitative estimate of drug-likeness (QED) is 0.256. The van der Waals surface area contributed by atoms with Crippen molar-refractivity contribution >= 4 is 34.0 Å². The van der Waals surface area contributed by atoms with E-state index in [0.717, 1.165) is 59.7 Å². The van der Waals surface area contributed by atoms with Crippen LogP contribution in [0.1, 0.15) is 11.3 Å². The predicted octanol–water partition coefficient (Wildman–Crippen LogP) is 4.14. The first-order valence-electron chi connectivity index (χ1n) is 11.8. The molecule has 0 bridgehead atoms. The van der Waals surface area contributed by atoms with Gasteiger partial charge in [-0.2, -0.15) is 4.98 Å². The first-order valence-corrected chi connectivity index (χ1v) is 11.8. The third-order valence-electron chi connectivity index (χ3n) is 6.27. The summed E-state index contributed by atoms with van der Waals surface area (Å²) >= 11 is 0. The highest BCUT2D eigenvalue weighted by molar-refractivity contribution is 5.80. The minimum absolute atomic E-state index is 0.306. The highest BCUT2D eigenvalue weighted by Gasteiger charge is 2.26. The number of halogens is 1. The van der Waals surface area contributed by atoms with Gasteiger partial charge in [0.2, 0.25) is 5.95 Å². The first-order chi connectivity index (χ1) is 17.1. The molecule has 0 spiro atoms. The molecule has 0 aliphatic carbocycles. The Bertz CT molecular complexity index is 1300. The number of H-pyrrole nitrogens is 1. The molecule has 0 amide bonds. The summed E-state index contributed by atoms with van der Waals surface area (Å²) in [6.45, 7) is 1.87. The van der Waals surface area contributed by atoms with Crippen molar-refractivity contribution in [2.24, 2.45) is 0 Å². The zero-order chi connectivity index (χ0) is 24.2. The van der Waals surface area contributed by atoms with Gasteiger partial charge < -0.3 is 26.1 Å². The summed E-state index contributed by atoms with van der Waals surface area (Å²) in [4.78, 5) is 14.8. The van der Waals surface area contributed by atoms with Crippen LogP contribution < -0.4 is 21.1 Å². The highest BCUT2D eigenvalue weighted by atomic mass is 19.1. The predicted molar refractivity (Wildman–Crippen MR) is 138 cm³/mol. The fourth-order valence-electron chi connectivity index (χ4n) is 4.47. The monoisotopic (exact) mass is 475 g/mol. The van der Waals surface area contributed by atoms with Crippen molar-refractivity contribution in [3.05, 3.63) is 66.0 Å². The SMILES string of the molecule is COc1cc(NC2CN(CCF)C2)ccc1Nc1nc(CCc2cccc(N)c2)c2cc[nH]c2n1. The number of benzene rings is 2. The number of alkyl halides is 1. The number of aryl methyl sites for hydroxylation is 2. The Hall–Kier alpha value is -3.85. The number of fused-ring (bicyclic) bond motifs is 1. The molecule has 2 aromatic heterocycles. The maximum atomic E-state index is 12.5. The van der Waals surface area contributed by atoms with Gasteiger partial charge in [-0.3, -0.25) is 4.90 Å². The maximum absolute atomic E-state index is 12.5. The number of ether oxygens (including phenoxy) is 1. The molecule has 182 valence electrons. The van der Waals surface area contributed by atoms with Crippen LogP contribution in [0, 0.1) is 0 Å². The third kappa shape index (κ3) is 5.30. The van der Waals surface area contributed by atoms with Crippen molar-refractivity contribution in [1.29, 1.82) is 0 Å². The summed E-state index contributed by atoms with van der Waals surface area (Å²) in [7, 11) is 1.64. The molecule has 5 N–H and O–H groups in total. The van der Waals surface area contributed by atoms with E-state index < -0.39 is 0 Å². The normalized spacial score (nSPS) is 14.1. The Morgan fingerprint density at radius 3 is 2.83 bits per heavy atom. The van der Waals surface area contributed by atoms with E-state index in [4.69, 9.17) is 15.5 Å². The summed E-state index contributed by atoms with van der Waals surface area (Å²) in [6.07, 6.45) is 3.47. The summed E-state index contributed by atoms with van der Waals surface area (Å²) < 4.78 is 18.1. The number of nitrogens with two attached hydrogens (primary N) is 1. The standard InChI is InChI=1S/C26H30FN7O/c1-35-24-14-19(30-20-15-34(16-20)12-10-27)6-8-23(24)32-26-31-22(21-9-11-29-25(21)33-26)7-5-17-3-2-4-18(28)13-17/h2-4,6,8-9,11,13-14,20,30H,5,7,10,12,15-16,28H2,1H3,(H2,29,31,32,33). The van der Waals surface area contributed by atoms with E-state index in [0.29, 0.717) is 24.3 Å². The zero-order valence-corrected chi connectivity index (χ0v) is 19.7. The molecule has 0 unspecified atom stereocenters. The van der Waals surface area contributed by atoms with Crippen LogP contribution in [-0.2, 0) is 12.8 Å². The van der Waals surface area contributed by atoms with E-state index >= 15 is 0 Å². The molecule has 8 nitrogen and oxygen atoms in total. The lowest BCUT2D eigenvalue weighted by Gasteiger charge is -2.39. The molecule has 0 saturated carbocycles. The Kier molecular flexibility index (Phi) is 6.67. The number of aromatic amines is 1. The average Bonchev–Trinajstić information content (AvgIpc) is 3.31. The number of hydrogen-bond acceptors (Lipinski definition) is 7. The number of nitrogen functional groups attached to an aromatic ring is 1. The largest absolute Gasteiger partial charge is 0.494 e. The van der Waals surface area contributed by atoms with Gasteiger partial charge in [0.25, 0.3) is 0 Å². The maximum Gasteiger partial charge on any atom is 0.229 e. The van der Waals surface area contributed by atoms with E-state index in [1.807, 2.05) is 48.7 Å². The van der Waals surface area contributed by atoms with Gasteiger partial charge in [0.15, 0.2) is 0 Å². The number of hydrogen-bond donors (Lipinski definition) is 4. The molecule has 0 atom stereocenters. The zero-order valence-electron chi connectivity index (χ0n) is 19.7. The molecule has 0 radical (unpaired) electrons. The lowest BCUT2D eigenvalue weighted by atomic mass is 10.1. The van der Waals surface area contributed by atoms with Gasteiger partial charge in [0.1, 0.15) is 18.1 Å². The lowest BCUT2D eigenvalue weighted by Crippen LogP contribution is -2.55. The van der Waals surface area contributed by atoms with Crippen molar-refractivity contribution in [2.75, 3.05) is 49.8 Å². The molecule has 9 heteroatoms. The fraction of sp³-hybridized carbons (Fsp3) is 0.308. The van der Waals surface area contributed by atoms with Gasteiger partial charge in [0.05, 0.1) is 24.5 Å². The average molecular weight is 476 g/mol. The van der Waals surface area contributed by atoms with Gasteiger partial charge >= 0.3 is 0 Å². The van der Waals surface area contributed by atoms with Crippen LogP contribution in [0.5, 0.6) is 5.75 Å². The van der Waals surface area contributed by atoms with Crippen molar-refractivity contribution in [1.82, 2.24) is 19.9 Å². The highest BCUT2D eigenvalue weighted by Crippen LogP contribution is 2.31. The number of nitrogens with one attached hydrogen (secondary N) is 3. The fourth-order valence-corrected chi connectivity index (χ4v) is 4.47. The van der Waals surface area contributed by atoms with E-state index in [-0.39, 0.29) is 6.67 Å². The number of nitrogens with zero attached hydrogens (tertiary/aromatic N) is 3. The third-order valence-corrected chi connectivity index (χ3v) is 6.27. The van der Waals surface area contributed by atoms with Crippen LogP contribution in [0.15, 0.2) is 54.7 Å². The Labute approximate surface area is 203 Å². The number of methoxy groups -OCH3 is 1. The molecular formula is C26H30FN7O. The Morgan fingerprint density at radius 1 is 1.14 bits per heavy atom. The van der Waals surface area contributed by atoms with E-state index in [1.165, 1.54) is 5.56 Å². The smallest absolute Gasteiger partial charge is 0.229 e. The molecule has 35 heavy (non-hydrogen) atoms. The second kappa shape index (κ2) is 10.2. The van der Waals surface area contributed by atoms with Crippen molar-refractivity contribution < 1.29 is 9.13 Å². The lowest BCUT2D eigenvalue weighted by molar-refractivity contribution is 0.150. The van der Waals surface area contributed by atoms with E-state index in [9.17, 15) is 4.39 Å². The Morgan fingerprint density at radius 2 is 2.03 bits per heavy atom. The van der Waals surface area contributed by atoms with Crippen molar-refractivity contribution in [3.63, 3.8) is 0 Å². The molecule has 5 rings (SSSR count). The van der Waals surface area contributed by atoms with Gasteiger partial charge in [-0.05, 0) is 48.7 Å². The van der Waals surface area contributed by atoms with Gasteiger partial charge in [-0.15, -0.1) is 0 Å². The van der Waals surface area contributed by atoms with E-state index in [1.54, 1.807) is 7.11 Å². The molecule has 1 fully saturated rings. The van der Waals surface area contributed by atoms with Crippen LogP contribution in [0.2, 0.25) is 0 Å². The van der Waals surface area contributed by atoms with Crippen LogP contribution in [0.25, 0.3) is 11.0 Å². The number of aromatic nitrogens is 3. The van der Waals surface area contributed by atoms with Crippen molar-refractivity contribution in [3.8, 4) is 5.75 Å². The number of rotatable bonds is 10. The number of anilines is 4. The van der Waals surface area contributed by atoms with Gasteiger partial charge in [-0.25, -0.2) is 9.37 Å². The van der Waals surface area contributed by atoms with Crippen LogP contribution in [-0.4, -0.2) is 59.3 Å². The Balaban J connectivity index is 1.31. The molecule has 1 aliphatic rings. The molecule has 3 heterocycles. The summed E-state index contributed by atoms with van der Waals surface area (Å²) in [5.74, 6) is 1.19. The summed E-state index contributed by atoms with van der Waals surface area (Å²) in [6, 6.07) is 16.2. The molecule has 2 aromatic carbocycles. The molecule has 1 saturated heterocycles. The van der Waals surface area contributed by atoms with Crippen molar-refractivity contribution in [2.45, 2.75) is 18.9 Å². The minimum Gasteiger partial charge on any atom is -0.494 e. The minimum atomic E-state index is -0.306. The second-order valence-electron chi connectivity index (χ2n) is 8.81. The summed E-state index contributed by atoms with van der Waals surface area (Å²) in [5, 5.41) is 7.81. The van der Waals surface area contributed by atoms with Crippen LogP contribution in [0.3, 0.4) is 0 Å². The molecule has 1 aliphatic heterocycles. The summed E-state index contributed by atoms with van der Waals surface area (Å²) in [5.41, 5.74) is 11.3. The van der Waals surface area contributed by atoms with Gasteiger partial charge in [-0.1, -0.05) is 12.1 Å². The van der Waals surface area contributed by atoms with Gasteiger partial charge in [0, 0.05) is 48.7 Å². The second-order valence-corrected chi connectivity index (χ2v) is 8.81.